The molecule has 0 spiro atoms. The van der Waals surface area contributed by atoms with Crippen molar-refractivity contribution in [3.63, 3.8) is 0 Å². The summed E-state index contributed by atoms with van der Waals surface area (Å²) in [7, 11) is 0. The van der Waals surface area contributed by atoms with E-state index in [2.05, 4.69) is 25.3 Å². The van der Waals surface area contributed by atoms with Gasteiger partial charge in [-0.2, -0.15) is 18.2 Å². The highest BCUT2D eigenvalue weighted by Gasteiger charge is 2.29. The fourth-order valence-corrected chi connectivity index (χ4v) is 4.10. The van der Waals surface area contributed by atoms with E-state index in [0.717, 1.165) is 16.5 Å². The number of amides is 1. The monoisotopic (exact) mass is 514 g/mol. The Morgan fingerprint density at radius 2 is 1.94 bits per heavy atom. The molecule has 2 aromatic heterocycles. The van der Waals surface area contributed by atoms with Gasteiger partial charge in [-0.3, -0.25) is 15.2 Å². The summed E-state index contributed by atoms with van der Waals surface area (Å²) in [6.07, 6.45) is -2.79. The van der Waals surface area contributed by atoms with Crippen LogP contribution in [0.3, 0.4) is 0 Å². The molecular formula is C24H21F3N6O2S. The Kier molecular flexibility index (Phi) is 7.66. The van der Waals surface area contributed by atoms with Crippen LogP contribution in [0.4, 0.5) is 30.2 Å². The molecule has 0 aliphatic heterocycles. The zero-order valence-electron chi connectivity index (χ0n) is 18.7. The van der Waals surface area contributed by atoms with Crippen molar-refractivity contribution in [2.45, 2.75) is 12.7 Å². The molecule has 0 saturated heterocycles. The van der Waals surface area contributed by atoms with Gasteiger partial charge in [-0.05, 0) is 47.3 Å². The average molecular weight is 515 g/mol. The Morgan fingerprint density at radius 3 is 2.75 bits per heavy atom. The number of anilines is 2. The molecule has 2 heterocycles. The lowest BCUT2D eigenvalue weighted by molar-refractivity contribution is -0.156. The number of hydrogen-bond acceptors (Lipinski definition) is 7. The SMILES string of the molecule is NNC(=Nc1cccc(NC(=O)c2sccc2NCc2ccnc3ccccc23)c1)OCC(F)(F)F. The van der Waals surface area contributed by atoms with Crippen molar-refractivity contribution < 1.29 is 22.7 Å². The third-order valence-corrected chi connectivity index (χ3v) is 5.82. The van der Waals surface area contributed by atoms with Crippen LogP contribution in [0.25, 0.3) is 10.9 Å². The molecule has 4 rings (SSSR count). The van der Waals surface area contributed by atoms with Crippen LogP contribution in [0.1, 0.15) is 15.2 Å². The summed E-state index contributed by atoms with van der Waals surface area (Å²) in [5.74, 6) is 4.85. The number of carbonyl (C=O) groups excluding carboxylic acids is 1. The van der Waals surface area contributed by atoms with Crippen molar-refractivity contribution >= 4 is 51.2 Å². The molecule has 0 unspecified atom stereocenters. The van der Waals surface area contributed by atoms with Crippen LogP contribution in [-0.4, -0.2) is 29.7 Å². The highest BCUT2D eigenvalue weighted by atomic mass is 32.1. The van der Waals surface area contributed by atoms with Crippen molar-refractivity contribution in [3.8, 4) is 0 Å². The van der Waals surface area contributed by atoms with E-state index < -0.39 is 18.8 Å². The van der Waals surface area contributed by atoms with Crippen LogP contribution >= 0.6 is 11.3 Å². The second-order valence-corrected chi connectivity index (χ2v) is 8.39. The summed E-state index contributed by atoms with van der Waals surface area (Å²) in [6.45, 7) is -1.05. The summed E-state index contributed by atoms with van der Waals surface area (Å²) < 4.78 is 41.7. The number of rotatable bonds is 7. The molecule has 4 aromatic rings. The minimum absolute atomic E-state index is 0.233. The lowest BCUT2D eigenvalue weighted by Crippen LogP contribution is -2.35. The Bertz CT molecular complexity index is 1380. The van der Waals surface area contributed by atoms with Gasteiger partial charge in [0.2, 0.25) is 0 Å². The number of hydrazine groups is 1. The van der Waals surface area contributed by atoms with Crippen LogP contribution in [0.15, 0.2) is 77.2 Å². The van der Waals surface area contributed by atoms with E-state index in [9.17, 15) is 18.0 Å². The zero-order chi connectivity index (χ0) is 25.5. The van der Waals surface area contributed by atoms with Gasteiger partial charge in [-0.15, -0.1) is 11.3 Å². The quantitative estimate of drug-likeness (QED) is 0.117. The number of pyridine rings is 1. The molecule has 2 aromatic carbocycles. The number of fused-ring (bicyclic) bond motifs is 1. The number of para-hydroxylation sites is 1. The molecule has 0 fully saturated rings. The number of nitrogens with zero attached hydrogens (tertiary/aromatic N) is 2. The predicted octanol–water partition coefficient (Wildman–Crippen LogP) is 5.19. The summed E-state index contributed by atoms with van der Waals surface area (Å²) in [5.41, 5.74) is 5.21. The smallest absolute Gasteiger partial charge is 0.422 e. The molecule has 0 aliphatic rings. The van der Waals surface area contributed by atoms with E-state index in [1.165, 1.54) is 23.5 Å². The Balaban J connectivity index is 1.44. The number of benzene rings is 2. The molecule has 8 nitrogen and oxygen atoms in total. The number of ether oxygens (including phenoxy) is 1. The van der Waals surface area contributed by atoms with Crippen molar-refractivity contribution in [1.29, 1.82) is 0 Å². The van der Waals surface area contributed by atoms with Gasteiger partial charge in [0.1, 0.15) is 4.88 Å². The lowest BCUT2D eigenvalue weighted by Gasteiger charge is -2.11. The number of carbonyl (C=O) groups is 1. The summed E-state index contributed by atoms with van der Waals surface area (Å²) in [4.78, 5) is 21.7. The van der Waals surface area contributed by atoms with E-state index in [1.54, 1.807) is 23.7 Å². The Hall–Kier alpha value is -4.16. The number of nitrogens with two attached hydrogens (primary N) is 1. The second kappa shape index (κ2) is 11.1. The molecule has 36 heavy (non-hydrogen) atoms. The highest BCUT2D eigenvalue weighted by Crippen LogP contribution is 2.26. The van der Waals surface area contributed by atoms with Gasteiger partial charge in [0.25, 0.3) is 5.91 Å². The summed E-state index contributed by atoms with van der Waals surface area (Å²) >= 11 is 1.28. The van der Waals surface area contributed by atoms with Crippen LogP contribution in [-0.2, 0) is 11.3 Å². The first-order chi connectivity index (χ1) is 17.3. The molecule has 0 atom stereocenters. The first kappa shape index (κ1) is 24.9. The number of amidine groups is 1. The maximum Gasteiger partial charge on any atom is 0.422 e. The molecule has 186 valence electrons. The number of thiophene rings is 1. The predicted molar refractivity (Wildman–Crippen MR) is 134 cm³/mol. The maximum absolute atomic E-state index is 13.0. The molecule has 0 radical (unpaired) electrons. The van der Waals surface area contributed by atoms with Gasteiger partial charge >= 0.3 is 12.2 Å². The van der Waals surface area contributed by atoms with Gasteiger partial charge < -0.3 is 15.4 Å². The molecule has 0 saturated carbocycles. The number of aromatic nitrogens is 1. The van der Waals surface area contributed by atoms with Crippen molar-refractivity contribution in [1.82, 2.24) is 10.4 Å². The van der Waals surface area contributed by atoms with E-state index in [4.69, 9.17) is 5.84 Å². The van der Waals surface area contributed by atoms with Crippen LogP contribution in [0, 0.1) is 0 Å². The third kappa shape index (κ3) is 6.49. The lowest BCUT2D eigenvalue weighted by atomic mass is 10.1. The molecule has 0 bridgehead atoms. The number of halogens is 3. The molecule has 12 heteroatoms. The maximum atomic E-state index is 13.0. The first-order valence-electron chi connectivity index (χ1n) is 10.6. The van der Waals surface area contributed by atoms with Gasteiger partial charge in [-0.1, -0.05) is 24.3 Å². The fraction of sp³-hybridized carbons (Fsp3) is 0.125. The van der Waals surface area contributed by atoms with Gasteiger partial charge in [0.05, 0.1) is 16.9 Å². The van der Waals surface area contributed by atoms with E-state index >= 15 is 0 Å². The van der Waals surface area contributed by atoms with Crippen LogP contribution in [0.2, 0.25) is 0 Å². The van der Waals surface area contributed by atoms with Gasteiger partial charge in [0, 0.05) is 23.8 Å². The standard InChI is InChI=1S/C24H21F3N6O2S/c25-24(26,27)14-35-23(33-28)32-17-5-3-4-16(12-17)31-22(34)21-20(9-11-36-21)30-13-15-8-10-29-19-7-2-1-6-18(15)19/h1-12,30H,13-14,28H2,(H,31,34)(H,32,33). The molecule has 1 amide bonds. The van der Waals surface area contributed by atoms with Gasteiger partial charge in [0.15, 0.2) is 6.61 Å². The van der Waals surface area contributed by atoms with Crippen LogP contribution in [0.5, 0.6) is 0 Å². The third-order valence-electron chi connectivity index (χ3n) is 4.91. The average Bonchev–Trinajstić information content (AvgIpc) is 3.34. The fourth-order valence-electron chi connectivity index (χ4n) is 3.34. The van der Waals surface area contributed by atoms with E-state index in [-0.39, 0.29) is 11.6 Å². The van der Waals surface area contributed by atoms with Crippen molar-refractivity contribution in [2.24, 2.45) is 10.8 Å². The van der Waals surface area contributed by atoms with Gasteiger partial charge in [-0.25, -0.2) is 5.84 Å². The van der Waals surface area contributed by atoms with Crippen molar-refractivity contribution in [2.75, 3.05) is 17.2 Å². The van der Waals surface area contributed by atoms with E-state index in [0.29, 0.717) is 22.8 Å². The summed E-state index contributed by atoms with van der Waals surface area (Å²) in [6, 6.07) is 17.3. The Labute approximate surface area is 208 Å². The molecule has 0 aliphatic carbocycles. The first-order valence-corrected chi connectivity index (χ1v) is 11.5. The minimum atomic E-state index is -4.54. The topological polar surface area (TPSA) is 114 Å². The minimum Gasteiger partial charge on any atom is -0.454 e. The zero-order valence-corrected chi connectivity index (χ0v) is 19.5. The van der Waals surface area contributed by atoms with E-state index in [1.807, 2.05) is 41.8 Å². The molecule has 5 N–H and O–H groups in total. The number of alkyl halides is 3. The molecular weight excluding hydrogens is 493 g/mol. The normalized spacial score (nSPS) is 11.8. The number of nitrogens with one attached hydrogen (secondary N) is 3. The van der Waals surface area contributed by atoms with Crippen molar-refractivity contribution in [3.05, 3.63) is 82.7 Å². The summed E-state index contributed by atoms with van der Waals surface area (Å²) in [5, 5.41) is 8.92. The highest BCUT2D eigenvalue weighted by molar-refractivity contribution is 7.12. The number of hydrogen-bond donors (Lipinski definition) is 4. The largest absolute Gasteiger partial charge is 0.454 e. The van der Waals surface area contributed by atoms with Crippen LogP contribution < -0.4 is 21.9 Å². The Morgan fingerprint density at radius 1 is 1.11 bits per heavy atom. The number of aliphatic imine (C=N–C) groups is 1. The second-order valence-electron chi connectivity index (χ2n) is 7.47.